The lowest BCUT2D eigenvalue weighted by Crippen LogP contribution is -2.31. The molecule has 1 aliphatic rings. The van der Waals surface area contributed by atoms with Crippen molar-refractivity contribution in [1.29, 1.82) is 0 Å². The zero-order valence-electron chi connectivity index (χ0n) is 12.7. The Hall–Kier alpha value is -1.50. The van der Waals surface area contributed by atoms with Crippen LogP contribution < -0.4 is 5.73 Å². The second-order valence-electron chi connectivity index (χ2n) is 5.67. The van der Waals surface area contributed by atoms with Gasteiger partial charge in [0.1, 0.15) is 16.5 Å². The van der Waals surface area contributed by atoms with Crippen molar-refractivity contribution in [2.45, 2.75) is 25.9 Å². The molecule has 1 aromatic carbocycles. The Balaban J connectivity index is 0.00000192. The summed E-state index contributed by atoms with van der Waals surface area (Å²) in [5.41, 5.74) is 6.53. The fourth-order valence-corrected chi connectivity index (χ4v) is 3.61. The number of likely N-dealkylation sites (tertiary alicyclic amines) is 1. The van der Waals surface area contributed by atoms with Gasteiger partial charge in [0.25, 0.3) is 5.91 Å². The average molecular weight is 356 g/mol. The predicted octanol–water partition coefficient (Wildman–Crippen LogP) is 3.39. The molecule has 1 aliphatic heterocycles. The lowest BCUT2D eigenvalue weighted by atomic mass is 10.0. The smallest absolute Gasteiger partial charge is 0.273 e. The van der Waals surface area contributed by atoms with Gasteiger partial charge < -0.3 is 10.6 Å². The van der Waals surface area contributed by atoms with E-state index >= 15 is 0 Å². The third kappa shape index (κ3) is 3.54. The van der Waals surface area contributed by atoms with Crippen LogP contribution in [0.3, 0.4) is 0 Å². The third-order valence-electron chi connectivity index (χ3n) is 3.98. The quantitative estimate of drug-likeness (QED) is 0.918. The highest BCUT2D eigenvalue weighted by molar-refractivity contribution is 7.09. The molecule has 2 N–H and O–H groups in total. The third-order valence-corrected chi connectivity index (χ3v) is 4.85. The second-order valence-corrected chi connectivity index (χ2v) is 6.61. The molecule has 0 aliphatic carbocycles. The van der Waals surface area contributed by atoms with Gasteiger partial charge in [-0.15, -0.1) is 23.7 Å². The van der Waals surface area contributed by atoms with Gasteiger partial charge in [-0.3, -0.25) is 4.79 Å². The van der Waals surface area contributed by atoms with Crippen LogP contribution >= 0.6 is 23.7 Å². The van der Waals surface area contributed by atoms with E-state index < -0.39 is 0 Å². The van der Waals surface area contributed by atoms with Crippen molar-refractivity contribution in [2.75, 3.05) is 6.54 Å². The molecule has 1 amide bonds. The maximum Gasteiger partial charge on any atom is 0.273 e. The van der Waals surface area contributed by atoms with Gasteiger partial charge in [0.2, 0.25) is 0 Å². The van der Waals surface area contributed by atoms with Crippen molar-refractivity contribution >= 4 is 29.7 Å². The molecule has 2 atom stereocenters. The van der Waals surface area contributed by atoms with Crippen LogP contribution in [-0.2, 0) is 6.54 Å². The van der Waals surface area contributed by atoms with Gasteiger partial charge in [0.05, 0.1) is 6.04 Å². The Kier molecular flexibility index (Phi) is 5.73. The van der Waals surface area contributed by atoms with E-state index in [1.807, 2.05) is 0 Å². The van der Waals surface area contributed by atoms with Crippen molar-refractivity contribution < 1.29 is 9.18 Å². The minimum Gasteiger partial charge on any atom is -0.330 e. The molecule has 1 saturated heterocycles. The van der Waals surface area contributed by atoms with Gasteiger partial charge in [-0.05, 0) is 18.4 Å². The van der Waals surface area contributed by atoms with Gasteiger partial charge in [0.15, 0.2) is 0 Å². The summed E-state index contributed by atoms with van der Waals surface area (Å²) < 4.78 is 14.1. The minimum atomic E-state index is -0.264. The minimum absolute atomic E-state index is 0. The molecular weight excluding hydrogens is 337 g/mol. The van der Waals surface area contributed by atoms with Crippen LogP contribution in [0.15, 0.2) is 29.6 Å². The Labute approximate surface area is 144 Å². The molecule has 3 rings (SSSR count). The van der Waals surface area contributed by atoms with Crippen molar-refractivity contribution in [2.24, 2.45) is 11.7 Å². The van der Waals surface area contributed by atoms with Crippen LogP contribution in [-0.4, -0.2) is 22.3 Å². The Morgan fingerprint density at radius 3 is 2.87 bits per heavy atom. The van der Waals surface area contributed by atoms with Crippen LogP contribution in [0.4, 0.5) is 4.39 Å². The molecule has 0 spiro atoms. The van der Waals surface area contributed by atoms with Gasteiger partial charge in [-0.25, -0.2) is 9.37 Å². The molecule has 0 bridgehead atoms. The first-order valence-corrected chi connectivity index (χ1v) is 8.18. The number of carbonyl (C=O) groups excluding carboxylic acids is 1. The number of nitrogens with zero attached hydrogens (tertiary/aromatic N) is 2. The molecule has 124 valence electrons. The summed E-state index contributed by atoms with van der Waals surface area (Å²) in [5.74, 6) is -0.0740. The van der Waals surface area contributed by atoms with Crippen LogP contribution in [0.2, 0.25) is 0 Å². The number of hydrogen-bond acceptors (Lipinski definition) is 4. The SMILES string of the molecule is CC1CC(c2ccccc2F)N(C(=O)c2csc(CN)n2)C1.Cl. The number of halogens is 2. The van der Waals surface area contributed by atoms with Crippen molar-refractivity contribution in [3.63, 3.8) is 0 Å². The van der Waals surface area contributed by atoms with Gasteiger partial charge >= 0.3 is 0 Å². The van der Waals surface area contributed by atoms with E-state index in [0.717, 1.165) is 11.4 Å². The summed E-state index contributed by atoms with van der Waals surface area (Å²) in [4.78, 5) is 18.7. The number of aromatic nitrogens is 1. The van der Waals surface area contributed by atoms with Gasteiger partial charge in [-0.1, -0.05) is 25.1 Å². The average Bonchev–Trinajstić information content (AvgIpc) is 3.13. The molecule has 23 heavy (non-hydrogen) atoms. The zero-order chi connectivity index (χ0) is 15.7. The van der Waals surface area contributed by atoms with Crippen LogP contribution in [0.5, 0.6) is 0 Å². The van der Waals surface area contributed by atoms with Gasteiger partial charge in [-0.2, -0.15) is 0 Å². The van der Waals surface area contributed by atoms with Crippen molar-refractivity contribution in [3.8, 4) is 0 Å². The number of thiazole rings is 1. The Morgan fingerprint density at radius 1 is 1.48 bits per heavy atom. The predicted molar refractivity (Wildman–Crippen MR) is 91.2 cm³/mol. The van der Waals surface area contributed by atoms with E-state index in [1.54, 1.807) is 28.5 Å². The van der Waals surface area contributed by atoms with E-state index in [2.05, 4.69) is 11.9 Å². The Bertz CT molecular complexity index is 693. The summed E-state index contributed by atoms with van der Waals surface area (Å²) in [6.45, 7) is 3.02. The molecule has 2 unspecified atom stereocenters. The van der Waals surface area contributed by atoms with E-state index in [9.17, 15) is 9.18 Å². The van der Waals surface area contributed by atoms with E-state index in [4.69, 9.17) is 5.73 Å². The van der Waals surface area contributed by atoms with E-state index in [0.29, 0.717) is 30.3 Å². The highest BCUT2D eigenvalue weighted by atomic mass is 35.5. The molecule has 1 fully saturated rings. The molecule has 2 heterocycles. The fraction of sp³-hybridized carbons (Fsp3) is 0.375. The number of amides is 1. The summed E-state index contributed by atoms with van der Waals surface area (Å²) >= 11 is 1.38. The normalized spacial score (nSPS) is 20.4. The largest absolute Gasteiger partial charge is 0.330 e. The molecule has 7 heteroatoms. The maximum atomic E-state index is 14.1. The van der Waals surface area contributed by atoms with Gasteiger partial charge in [0, 0.05) is 24.0 Å². The number of carbonyl (C=O) groups is 1. The van der Waals surface area contributed by atoms with Crippen LogP contribution in [0, 0.1) is 11.7 Å². The topological polar surface area (TPSA) is 59.2 Å². The molecule has 4 nitrogen and oxygen atoms in total. The van der Waals surface area contributed by atoms with E-state index in [-0.39, 0.29) is 30.2 Å². The lowest BCUT2D eigenvalue weighted by Gasteiger charge is -2.24. The summed E-state index contributed by atoms with van der Waals surface area (Å²) in [6, 6.07) is 6.43. The summed E-state index contributed by atoms with van der Waals surface area (Å²) in [6.07, 6.45) is 0.764. The fourth-order valence-electron chi connectivity index (χ4n) is 2.96. The van der Waals surface area contributed by atoms with Crippen LogP contribution in [0.25, 0.3) is 0 Å². The summed E-state index contributed by atoms with van der Waals surface area (Å²) in [7, 11) is 0. The number of rotatable bonds is 3. The zero-order valence-corrected chi connectivity index (χ0v) is 14.4. The lowest BCUT2D eigenvalue weighted by molar-refractivity contribution is 0.0725. The molecule has 2 aromatic rings. The first kappa shape index (κ1) is 17.8. The molecular formula is C16H19ClFN3OS. The van der Waals surface area contributed by atoms with Crippen molar-refractivity contribution in [1.82, 2.24) is 9.88 Å². The van der Waals surface area contributed by atoms with E-state index in [1.165, 1.54) is 17.4 Å². The van der Waals surface area contributed by atoms with Crippen molar-refractivity contribution in [3.05, 3.63) is 51.7 Å². The Morgan fingerprint density at radius 2 is 2.22 bits per heavy atom. The second kappa shape index (κ2) is 7.38. The first-order chi connectivity index (χ1) is 10.6. The molecule has 1 aromatic heterocycles. The highest BCUT2D eigenvalue weighted by Gasteiger charge is 2.36. The molecule has 0 radical (unpaired) electrons. The summed E-state index contributed by atoms with van der Waals surface area (Å²) in [5, 5.41) is 2.46. The first-order valence-electron chi connectivity index (χ1n) is 7.30. The maximum absolute atomic E-state index is 14.1. The number of nitrogens with two attached hydrogens (primary N) is 1. The van der Waals surface area contributed by atoms with Crippen LogP contribution in [0.1, 0.15) is 40.4 Å². The molecule has 0 saturated carbocycles. The highest BCUT2D eigenvalue weighted by Crippen LogP contribution is 2.37. The number of hydrogen-bond donors (Lipinski definition) is 1. The monoisotopic (exact) mass is 355 g/mol. The number of benzene rings is 1. The standard InChI is InChI=1S/C16H18FN3OS.ClH/c1-10-6-14(11-4-2-3-5-12(11)17)20(8-10)16(21)13-9-22-15(7-18)19-13;/h2-5,9-10,14H,6-8,18H2,1H3;1H.